The largest absolute Gasteiger partial charge is 0.325 e. The molecule has 0 aliphatic heterocycles. The summed E-state index contributed by atoms with van der Waals surface area (Å²) in [5.74, 6) is -0.248. The second kappa shape index (κ2) is 5.59. The molecule has 2 heterocycles. The maximum absolute atomic E-state index is 12.2. The van der Waals surface area contributed by atoms with Crippen LogP contribution in [0, 0.1) is 6.92 Å². The van der Waals surface area contributed by atoms with Crippen LogP contribution >= 0.6 is 11.3 Å². The second-order valence-electron chi connectivity index (χ2n) is 4.61. The molecule has 0 aliphatic carbocycles. The van der Waals surface area contributed by atoms with Gasteiger partial charge in [-0.15, -0.1) is 11.3 Å². The van der Waals surface area contributed by atoms with Crippen LogP contribution in [0.5, 0.6) is 0 Å². The monoisotopic (exact) mass is 298 g/mol. The Labute approximate surface area is 125 Å². The van der Waals surface area contributed by atoms with Gasteiger partial charge >= 0.3 is 0 Å². The number of fused-ring (bicyclic) bond motifs is 1. The number of nitrogens with zero attached hydrogens (tertiary/aromatic N) is 2. The van der Waals surface area contributed by atoms with Gasteiger partial charge in [0.05, 0.1) is 11.2 Å². The van der Waals surface area contributed by atoms with Crippen LogP contribution in [-0.2, 0) is 6.54 Å². The van der Waals surface area contributed by atoms with Gasteiger partial charge in [-0.3, -0.25) is 9.78 Å². The lowest BCUT2D eigenvalue weighted by molar-refractivity contribution is 0.102. The van der Waals surface area contributed by atoms with Crippen LogP contribution in [0.4, 0.5) is 5.69 Å². The van der Waals surface area contributed by atoms with Crippen molar-refractivity contribution in [1.29, 1.82) is 0 Å². The molecule has 3 aromatic rings. The molecule has 0 unspecified atom stereocenters. The van der Waals surface area contributed by atoms with Crippen molar-refractivity contribution < 1.29 is 4.79 Å². The number of carbonyl (C=O) groups excluding carboxylic acids is 1. The lowest BCUT2D eigenvalue weighted by atomic mass is 10.1. The number of hydrogen-bond acceptors (Lipinski definition) is 5. The van der Waals surface area contributed by atoms with Crippen molar-refractivity contribution in [3.8, 4) is 0 Å². The van der Waals surface area contributed by atoms with Gasteiger partial charge in [0.25, 0.3) is 5.91 Å². The zero-order valence-corrected chi connectivity index (χ0v) is 12.3. The molecule has 6 heteroatoms. The number of aryl methyl sites for hydroxylation is 1. The van der Waals surface area contributed by atoms with Crippen LogP contribution in [0.3, 0.4) is 0 Å². The number of rotatable bonds is 3. The smallest absolute Gasteiger partial charge is 0.275 e. The average Bonchev–Trinajstić information content (AvgIpc) is 2.97. The van der Waals surface area contributed by atoms with E-state index >= 15 is 0 Å². The summed E-state index contributed by atoms with van der Waals surface area (Å²) in [5, 5.41) is 6.31. The molecule has 0 fully saturated rings. The summed E-state index contributed by atoms with van der Waals surface area (Å²) in [6.07, 6.45) is 0. The normalized spacial score (nSPS) is 10.8. The van der Waals surface area contributed by atoms with Gasteiger partial charge in [-0.2, -0.15) is 0 Å². The van der Waals surface area contributed by atoms with E-state index in [0.29, 0.717) is 17.9 Å². The van der Waals surface area contributed by atoms with Crippen LogP contribution in [0.15, 0.2) is 35.7 Å². The van der Waals surface area contributed by atoms with E-state index in [1.54, 1.807) is 5.38 Å². The first-order valence-electron chi connectivity index (χ1n) is 6.49. The summed E-state index contributed by atoms with van der Waals surface area (Å²) in [6.45, 7) is 2.26. The van der Waals surface area contributed by atoms with Crippen LogP contribution in [0.25, 0.3) is 10.9 Å². The molecule has 0 spiro atoms. The summed E-state index contributed by atoms with van der Waals surface area (Å²) < 4.78 is 0. The quantitative estimate of drug-likeness (QED) is 0.779. The first-order valence-corrected chi connectivity index (χ1v) is 7.37. The van der Waals surface area contributed by atoms with Crippen LogP contribution < -0.4 is 11.1 Å². The number of amides is 1. The number of anilines is 1. The number of thiazole rings is 1. The molecule has 3 N–H and O–H groups in total. The topological polar surface area (TPSA) is 80.9 Å². The summed E-state index contributed by atoms with van der Waals surface area (Å²) in [7, 11) is 0. The summed E-state index contributed by atoms with van der Waals surface area (Å²) >= 11 is 1.38. The zero-order chi connectivity index (χ0) is 14.8. The molecular weight excluding hydrogens is 284 g/mol. The van der Waals surface area contributed by atoms with Crippen molar-refractivity contribution >= 4 is 33.8 Å². The van der Waals surface area contributed by atoms with E-state index in [1.807, 2.05) is 37.3 Å². The predicted octanol–water partition coefficient (Wildman–Crippen LogP) is 2.71. The van der Waals surface area contributed by atoms with E-state index in [0.717, 1.165) is 21.6 Å². The fraction of sp³-hybridized carbons (Fsp3) is 0.133. The second-order valence-corrected chi connectivity index (χ2v) is 5.56. The minimum Gasteiger partial charge on any atom is -0.325 e. The van der Waals surface area contributed by atoms with Crippen molar-refractivity contribution in [2.45, 2.75) is 13.5 Å². The maximum Gasteiger partial charge on any atom is 0.275 e. The Kier molecular flexibility index (Phi) is 3.64. The first-order chi connectivity index (χ1) is 10.2. The Morgan fingerprint density at radius 2 is 2.14 bits per heavy atom. The van der Waals surface area contributed by atoms with Gasteiger partial charge in [0.1, 0.15) is 10.7 Å². The molecule has 0 aliphatic rings. The molecule has 5 nitrogen and oxygen atoms in total. The Bertz CT molecular complexity index is 812. The lowest BCUT2D eigenvalue weighted by Gasteiger charge is -2.07. The average molecular weight is 298 g/mol. The van der Waals surface area contributed by atoms with E-state index in [9.17, 15) is 4.79 Å². The van der Waals surface area contributed by atoms with Gasteiger partial charge in [0, 0.05) is 23.0 Å². The molecule has 0 atom stereocenters. The third-order valence-corrected chi connectivity index (χ3v) is 3.94. The van der Waals surface area contributed by atoms with Gasteiger partial charge in [-0.25, -0.2) is 4.98 Å². The molecule has 1 amide bonds. The fourth-order valence-corrected chi connectivity index (χ4v) is 2.70. The Balaban J connectivity index is 1.94. The molecule has 3 rings (SSSR count). The number of hydrogen-bond donors (Lipinski definition) is 2. The van der Waals surface area contributed by atoms with E-state index in [-0.39, 0.29) is 5.91 Å². The minimum absolute atomic E-state index is 0.248. The summed E-state index contributed by atoms with van der Waals surface area (Å²) in [6, 6.07) is 9.63. The van der Waals surface area contributed by atoms with Crippen LogP contribution in [0.2, 0.25) is 0 Å². The number of nitrogens with one attached hydrogen (secondary N) is 1. The number of carbonyl (C=O) groups is 1. The zero-order valence-electron chi connectivity index (χ0n) is 11.5. The molecule has 0 saturated heterocycles. The number of pyridine rings is 1. The SMILES string of the molecule is Cc1ccc2cccc(NC(=O)c3csc(CN)n3)c2n1. The molecule has 0 radical (unpaired) electrons. The molecule has 2 aromatic heterocycles. The first kappa shape index (κ1) is 13.7. The van der Waals surface area contributed by atoms with Crippen molar-refractivity contribution in [3.05, 3.63) is 52.1 Å². The third-order valence-electron chi connectivity index (χ3n) is 3.07. The number of aromatic nitrogens is 2. The van der Waals surface area contributed by atoms with Crippen molar-refractivity contribution in [3.63, 3.8) is 0 Å². The molecule has 1 aromatic carbocycles. The Hall–Kier alpha value is -2.31. The van der Waals surface area contributed by atoms with E-state index < -0.39 is 0 Å². The Morgan fingerprint density at radius 3 is 2.90 bits per heavy atom. The van der Waals surface area contributed by atoms with Gasteiger partial charge in [0.15, 0.2) is 0 Å². The van der Waals surface area contributed by atoms with Gasteiger partial charge in [-0.05, 0) is 19.1 Å². The Morgan fingerprint density at radius 1 is 1.29 bits per heavy atom. The van der Waals surface area contributed by atoms with Crippen molar-refractivity contribution in [2.24, 2.45) is 5.73 Å². The molecular formula is C15H14N4OS. The predicted molar refractivity (Wildman–Crippen MR) is 84.4 cm³/mol. The third kappa shape index (κ3) is 2.76. The minimum atomic E-state index is -0.248. The van der Waals surface area contributed by atoms with E-state index in [2.05, 4.69) is 15.3 Å². The highest BCUT2D eigenvalue weighted by Crippen LogP contribution is 2.22. The van der Waals surface area contributed by atoms with Crippen molar-refractivity contribution in [1.82, 2.24) is 9.97 Å². The number of para-hydroxylation sites is 1. The molecule has 0 bridgehead atoms. The highest BCUT2D eigenvalue weighted by Gasteiger charge is 2.12. The van der Waals surface area contributed by atoms with E-state index in [1.165, 1.54) is 11.3 Å². The number of benzene rings is 1. The lowest BCUT2D eigenvalue weighted by Crippen LogP contribution is -2.13. The van der Waals surface area contributed by atoms with Gasteiger partial charge in [0.2, 0.25) is 0 Å². The summed E-state index contributed by atoms with van der Waals surface area (Å²) in [4.78, 5) is 20.9. The van der Waals surface area contributed by atoms with Crippen molar-refractivity contribution in [2.75, 3.05) is 5.32 Å². The highest BCUT2D eigenvalue weighted by molar-refractivity contribution is 7.09. The standard InChI is InChI=1S/C15H14N4OS/c1-9-5-6-10-3-2-4-11(14(10)17-9)19-15(20)12-8-21-13(7-16)18-12/h2-6,8H,7,16H2,1H3,(H,19,20). The molecule has 21 heavy (non-hydrogen) atoms. The summed E-state index contributed by atoms with van der Waals surface area (Å²) in [5.41, 5.74) is 8.26. The fourth-order valence-electron chi connectivity index (χ4n) is 2.04. The molecule has 0 saturated carbocycles. The highest BCUT2D eigenvalue weighted by atomic mass is 32.1. The number of nitrogens with two attached hydrogens (primary N) is 1. The van der Waals surface area contributed by atoms with Gasteiger partial charge in [-0.1, -0.05) is 18.2 Å². The van der Waals surface area contributed by atoms with Crippen LogP contribution in [0.1, 0.15) is 21.2 Å². The maximum atomic E-state index is 12.2. The van der Waals surface area contributed by atoms with Gasteiger partial charge < -0.3 is 11.1 Å². The van der Waals surface area contributed by atoms with E-state index in [4.69, 9.17) is 5.73 Å². The van der Waals surface area contributed by atoms with Crippen LogP contribution in [-0.4, -0.2) is 15.9 Å². The molecule has 106 valence electrons.